The lowest BCUT2D eigenvalue weighted by molar-refractivity contribution is 0.348. The lowest BCUT2D eigenvalue weighted by atomic mass is 9.83. The molecule has 1 fully saturated rings. The maximum absolute atomic E-state index is 4.76. The maximum atomic E-state index is 4.76. The number of aromatic nitrogens is 5. The monoisotopic (exact) mass is 313 g/mol. The Morgan fingerprint density at radius 3 is 2.57 bits per heavy atom. The number of hydrogen-bond acceptors (Lipinski definition) is 3. The van der Waals surface area contributed by atoms with E-state index >= 15 is 0 Å². The molecule has 0 aromatic carbocycles. The first-order valence-electron chi connectivity index (χ1n) is 9.01. The topological polar surface area (TPSA) is 48.5 Å². The van der Waals surface area contributed by atoms with Gasteiger partial charge in [0, 0.05) is 24.4 Å². The summed E-state index contributed by atoms with van der Waals surface area (Å²) in [4.78, 5) is 0. The lowest BCUT2D eigenvalue weighted by Crippen LogP contribution is -2.28. The molecule has 1 atom stereocenters. The Kier molecular flexibility index (Phi) is 3.36. The molecular formula is C18H27N5. The molecule has 4 rings (SSSR count). The van der Waals surface area contributed by atoms with Crippen molar-refractivity contribution < 1.29 is 0 Å². The Bertz CT molecular complexity index is 712. The van der Waals surface area contributed by atoms with Gasteiger partial charge in [-0.1, -0.05) is 19.8 Å². The van der Waals surface area contributed by atoms with Crippen LogP contribution in [0, 0.1) is 5.92 Å². The van der Waals surface area contributed by atoms with E-state index in [2.05, 4.69) is 53.3 Å². The minimum Gasteiger partial charge on any atom is -0.309 e. The summed E-state index contributed by atoms with van der Waals surface area (Å²) in [7, 11) is 0. The molecular weight excluding hydrogens is 286 g/mol. The summed E-state index contributed by atoms with van der Waals surface area (Å²) in [5, 5.41) is 13.7. The van der Waals surface area contributed by atoms with Gasteiger partial charge in [-0.15, -0.1) is 10.2 Å². The molecule has 3 heterocycles. The Morgan fingerprint density at radius 1 is 1.17 bits per heavy atom. The zero-order valence-electron chi connectivity index (χ0n) is 14.7. The second-order valence-electron chi connectivity index (χ2n) is 8.09. The Hall–Kier alpha value is -1.65. The molecule has 1 aliphatic heterocycles. The number of aryl methyl sites for hydroxylation is 1. The maximum Gasteiger partial charge on any atom is 0.182 e. The van der Waals surface area contributed by atoms with Gasteiger partial charge < -0.3 is 4.57 Å². The smallest absolute Gasteiger partial charge is 0.182 e. The van der Waals surface area contributed by atoms with Crippen LogP contribution in [0.25, 0.3) is 11.5 Å². The third kappa shape index (κ3) is 2.24. The molecule has 2 aliphatic rings. The van der Waals surface area contributed by atoms with Gasteiger partial charge in [-0.3, -0.25) is 4.68 Å². The normalized spacial score (nSPS) is 21.5. The molecule has 0 bridgehead atoms. The van der Waals surface area contributed by atoms with Crippen LogP contribution in [0.5, 0.6) is 0 Å². The van der Waals surface area contributed by atoms with Crippen LogP contribution in [0.4, 0.5) is 0 Å². The van der Waals surface area contributed by atoms with E-state index in [9.17, 15) is 0 Å². The van der Waals surface area contributed by atoms with E-state index in [0.29, 0.717) is 5.92 Å². The first kappa shape index (κ1) is 14.9. The van der Waals surface area contributed by atoms with Crippen molar-refractivity contribution in [3.63, 3.8) is 0 Å². The largest absolute Gasteiger partial charge is 0.309 e. The summed E-state index contributed by atoms with van der Waals surface area (Å²) >= 11 is 0. The standard InChI is InChI=1S/C18H27N5/c1-5-15-20-21-17-16-13(10-19-23(16)18(2,3)4)14(11-22(15)17)12-8-6-7-9-12/h10,12,14H,5-9,11H2,1-4H3. The summed E-state index contributed by atoms with van der Waals surface area (Å²) in [5.41, 5.74) is 2.55. The lowest BCUT2D eigenvalue weighted by Gasteiger charge is -2.31. The highest BCUT2D eigenvalue weighted by molar-refractivity contribution is 5.59. The Balaban J connectivity index is 1.89. The third-order valence-electron chi connectivity index (χ3n) is 5.54. The van der Waals surface area contributed by atoms with E-state index in [4.69, 9.17) is 5.10 Å². The van der Waals surface area contributed by atoms with Gasteiger partial charge in [-0.25, -0.2) is 0 Å². The first-order valence-corrected chi connectivity index (χ1v) is 9.01. The summed E-state index contributed by atoms with van der Waals surface area (Å²) in [6.45, 7) is 9.82. The zero-order chi connectivity index (χ0) is 16.2. The molecule has 5 heteroatoms. The van der Waals surface area contributed by atoms with Gasteiger partial charge in [-0.05, 0) is 39.5 Å². The number of nitrogens with zero attached hydrogens (tertiary/aromatic N) is 5. The van der Waals surface area contributed by atoms with Gasteiger partial charge in [0.25, 0.3) is 0 Å². The zero-order valence-corrected chi connectivity index (χ0v) is 14.7. The van der Waals surface area contributed by atoms with Crippen molar-refractivity contribution in [3.05, 3.63) is 17.6 Å². The molecule has 124 valence electrons. The van der Waals surface area contributed by atoms with Crippen LogP contribution in [0.15, 0.2) is 6.20 Å². The summed E-state index contributed by atoms with van der Waals surface area (Å²) < 4.78 is 4.51. The second kappa shape index (κ2) is 5.18. The highest BCUT2D eigenvalue weighted by atomic mass is 15.4. The van der Waals surface area contributed by atoms with E-state index < -0.39 is 0 Å². The highest BCUT2D eigenvalue weighted by Crippen LogP contribution is 2.45. The fourth-order valence-corrected chi connectivity index (χ4v) is 4.39. The van der Waals surface area contributed by atoms with E-state index in [-0.39, 0.29) is 5.54 Å². The molecule has 0 spiro atoms. The van der Waals surface area contributed by atoms with Crippen LogP contribution in [-0.4, -0.2) is 24.5 Å². The van der Waals surface area contributed by atoms with E-state index in [1.807, 2.05) is 0 Å². The van der Waals surface area contributed by atoms with Gasteiger partial charge >= 0.3 is 0 Å². The first-order chi connectivity index (χ1) is 11.0. The average Bonchev–Trinajstić information content (AvgIpc) is 3.23. The number of hydrogen-bond donors (Lipinski definition) is 0. The SMILES string of the molecule is CCc1nnc2n1CC(C1CCCC1)c1cnn(C(C)(C)C)c1-2. The van der Waals surface area contributed by atoms with E-state index in [1.54, 1.807) is 0 Å². The number of fused-ring (bicyclic) bond motifs is 3. The average molecular weight is 313 g/mol. The van der Waals surface area contributed by atoms with Crippen LogP contribution in [0.1, 0.15) is 70.7 Å². The van der Waals surface area contributed by atoms with Crippen molar-refractivity contribution in [1.29, 1.82) is 0 Å². The Morgan fingerprint density at radius 2 is 1.91 bits per heavy atom. The third-order valence-corrected chi connectivity index (χ3v) is 5.54. The van der Waals surface area contributed by atoms with Gasteiger partial charge in [0.15, 0.2) is 5.82 Å². The fraction of sp³-hybridized carbons (Fsp3) is 0.722. The molecule has 1 unspecified atom stereocenters. The quantitative estimate of drug-likeness (QED) is 0.848. The van der Waals surface area contributed by atoms with Gasteiger partial charge in [0.05, 0.1) is 11.7 Å². The van der Waals surface area contributed by atoms with E-state index in [0.717, 1.165) is 30.5 Å². The highest BCUT2D eigenvalue weighted by Gasteiger charge is 2.38. The summed E-state index contributed by atoms with van der Waals surface area (Å²) in [5.74, 6) is 3.47. The molecule has 0 radical (unpaired) electrons. The fourth-order valence-electron chi connectivity index (χ4n) is 4.39. The Labute approximate surface area is 138 Å². The molecule has 2 aromatic rings. The summed E-state index contributed by atoms with van der Waals surface area (Å²) in [6.07, 6.45) is 8.49. The molecule has 23 heavy (non-hydrogen) atoms. The number of rotatable bonds is 2. The van der Waals surface area contributed by atoms with Crippen molar-refractivity contribution in [2.45, 2.75) is 77.8 Å². The van der Waals surface area contributed by atoms with Gasteiger partial charge in [0.1, 0.15) is 11.5 Å². The molecule has 1 aliphatic carbocycles. The molecule has 0 saturated heterocycles. The minimum atomic E-state index is -0.0473. The van der Waals surface area contributed by atoms with Crippen molar-refractivity contribution in [1.82, 2.24) is 24.5 Å². The van der Waals surface area contributed by atoms with Crippen LogP contribution >= 0.6 is 0 Å². The molecule has 2 aromatic heterocycles. The van der Waals surface area contributed by atoms with Crippen molar-refractivity contribution in [2.24, 2.45) is 5.92 Å². The van der Waals surface area contributed by atoms with Crippen LogP contribution in [0.3, 0.4) is 0 Å². The molecule has 0 N–H and O–H groups in total. The van der Waals surface area contributed by atoms with Crippen LogP contribution in [0.2, 0.25) is 0 Å². The molecule has 5 nitrogen and oxygen atoms in total. The van der Waals surface area contributed by atoms with Crippen molar-refractivity contribution >= 4 is 0 Å². The predicted molar refractivity (Wildman–Crippen MR) is 90.3 cm³/mol. The predicted octanol–water partition coefficient (Wildman–Crippen LogP) is 3.75. The van der Waals surface area contributed by atoms with Crippen LogP contribution in [-0.2, 0) is 18.5 Å². The van der Waals surface area contributed by atoms with Crippen LogP contribution < -0.4 is 0 Å². The molecule has 1 saturated carbocycles. The molecule has 0 amide bonds. The summed E-state index contributed by atoms with van der Waals surface area (Å²) in [6, 6.07) is 0. The minimum absolute atomic E-state index is 0.0473. The van der Waals surface area contributed by atoms with Crippen molar-refractivity contribution in [2.75, 3.05) is 0 Å². The van der Waals surface area contributed by atoms with Gasteiger partial charge in [-0.2, -0.15) is 5.10 Å². The van der Waals surface area contributed by atoms with E-state index in [1.165, 1.54) is 36.9 Å². The van der Waals surface area contributed by atoms with Crippen molar-refractivity contribution in [3.8, 4) is 11.5 Å². The second-order valence-corrected chi connectivity index (χ2v) is 8.09. The van der Waals surface area contributed by atoms with Gasteiger partial charge in [0.2, 0.25) is 0 Å².